The molecule has 0 spiro atoms. The van der Waals surface area contributed by atoms with Crippen LogP contribution < -0.4 is 5.32 Å². The molecule has 118 valence electrons. The third-order valence-electron chi connectivity index (χ3n) is 3.87. The molecule has 0 atom stereocenters. The number of nitrogens with zero attached hydrogens (tertiary/aromatic N) is 1. The molecular weight excluding hydrogens is 312 g/mol. The molecule has 2 amide bonds. The van der Waals surface area contributed by atoms with Gasteiger partial charge in [-0.2, -0.15) is 0 Å². The van der Waals surface area contributed by atoms with Gasteiger partial charge in [0.2, 0.25) is 0 Å². The number of carbonyl (C=O) groups excluding carboxylic acids is 2. The lowest BCUT2D eigenvalue weighted by Gasteiger charge is -2.15. The lowest BCUT2D eigenvalue weighted by molar-refractivity contribution is 0.0792. The topological polar surface area (TPSA) is 49.4 Å². The second-order valence-electron chi connectivity index (χ2n) is 5.54. The third kappa shape index (κ3) is 3.71. The predicted molar refractivity (Wildman–Crippen MR) is 91.0 cm³/mol. The Balaban J connectivity index is 1.67. The van der Waals surface area contributed by atoms with Crippen LogP contribution in [0.2, 0.25) is 5.02 Å². The van der Waals surface area contributed by atoms with E-state index in [0.29, 0.717) is 21.8 Å². The Morgan fingerprint density at radius 2 is 1.65 bits per heavy atom. The number of hydrogen-bond acceptors (Lipinski definition) is 2. The van der Waals surface area contributed by atoms with E-state index in [1.165, 1.54) is 0 Å². The average molecular weight is 329 g/mol. The molecular formula is C18H17ClN2O2. The fraction of sp³-hybridized carbons (Fsp3) is 0.222. The van der Waals surface area contributed by atoms with Gasteiger partial charge in [0.05, 0.1) is 0 Å². The van der Waals surface area contributed by atoms with E-state index < -0.39 is 0 Å². The number of halogens is 1. The Morgan fingerprint density at radius 3 is 2.30 bits per heavy atom. The van der Waals surface area contributed by atoms with Gasteiger partial charge in [-0.1, -0.05) is 17.7 Å². The maximum atomic E-state index is 12.3. The summed E-state index contributed by atoms with van der Waals surface area (Å²) in [5.41, 5.74) is 1.79. The molecule has 2 aromatic carbocycles. The molecule has 4 nitrogen and oxygen atoms in total. The number of anilines is 1. The van der Waals surface area contributed by atoms with Gasteiger partial charge in [-0.05, 0) is 55.3 Å². The van der Waals surface area contributed by atoms with E-state index in [1.807, 2.05) is 4.90 Å². The van der Waals surface area contributed by atoms with Crippen LogP contribution in [0.3, 0.4) is 0 Å². The SMILES string of the molecule is O=C(Nc1ccc(C(=O)N2CCCC2)cc1)c1cccc(Cl)c1. The zero-order chi connectivity index (χ0) is 16.2. The Bertz CT molecular complexity index is 722. The molecule has 0 bridgehead atoms. The molecule has 1 aliphatic heterocycles. The molecule has 0 unspecified atom stereocenters. The van der Waals surface area contributed by atoms with Crippen molar-refractivity contribution in [3.8, 4) is 0 Å². The van der Waals surface area contributed by atoms with Gasteiger partial charge >= 0.3 is 0 Å². The summed E-state index contributed by atoms with van der Waals surface area (Å²) in [6, 6.07) is 13.7. The van der Waals surface area contributed by atoms with Gasteiger partial charge in [0, 0.05) is 34.9 Å². The van der Waals surface area contributed by atoms with Crippen LogP contribution >= 0.6 is 11.6 Å². The molecule has 1 aliphatic rings. The molecule has 0 saturated carbocycles. The molecule has 0 radical (unpaired) electrons. The molecule has 1 saturated heterocycles. The van der Waals surface area contributed by atoms with E-state index in [9.17, 15) is 9.59 Å². The quantitative estimate of drug-likeness (QED) is 0.931. The van der Waals surface area contributed by atoms with Crippen molar-refractivity contribution < 1.29 is 9.59 Å². The van der Waals surface area contributed by atoms with Gasteiger partial charge in [0.15, 0.2) is 0 Å². The highest BCUT2D eigenvalue weighted by Crippen LogP contribution is 2.17. The van der Waals surface area contributed by atoms with Crippen molar-refractivity contribution >= 4 is 29.1 Å². The summed E-state index contributed by atoms with van der Waals surface area (Å²) in [6.07, 6.45) is 2.14. The number of likely N-dealkylation sites (tertiary alicyclic amines) is 1. The first-order valence-electron chi connectivity index (χ1n) is 7.60. The predicted octanol–water partition coefficient (Wildman–Crippen LogP) is 3.83. The lowest BCUT2D eigenvalue weighted by Crippen LogP contribution is -2.27. The van der Waals surface area contributed by atoms with E-state index in [1.54, 1.807) is 48.5 Å². The summed E-state index contributed by atoms with van der Waals surface area (Å²) in [6.45, 7) is 1.65. The zero-order valence-corrected chi connectivity index (χ0v) is 13.3. The van der Waals surface area contributed by atoms with Crippen LogP contribution in [-0.2, 0) is 0 Å². The standard InChI is InChI=1S/C18H17ClN2O2/c19-15-5-3-4-14(12-15)17(22)20-16-8-6-13(7-9-16)18(23)21-10-1-2-11-21/h3-9,12H,1-2,10-11H2,(H,20,22). The van der Waals surface area contributed by atoms with Crippen molar-refractivity contribution in [2.75, 3.05) is 18.4 Å². The van der Waals surface area contributed by atoms with E-state index in [2.05, 4.69) is 5.32 Å². The van der Waals surface area contributed by atoms with Gasteiger partial charge in [0.1, 0.15) is 0 Å². The van der Waals surface area contributed by atoms with Crippen LogP contribution in [0.15, 0.2) is 48.5 Å². The first-order chi connectivity index (χ1) is 11.1. The maximum absolute atomic E-state index is 12.3. The molecule has 0 aromatic heterocycles. The van der Waals surface area contributed by atoms with Crippen LogP contribution in [-0.4, -0.2) is 29.8 Å². The number of rotatable bonds is 3. The molecule has 23 heavy (non-hydrogen) atoms. The highest BCUT2D eigenvalue weighted by atomic mass is 35.5. The second kappa shape index (κ2) is 6.84. The van der Waals surface area contributed by atoms with Crippen molar-refractivity contribution in [2.45, 2.75) is 12.8 Å². The third-order valence-corrected chi connectivity index (χ3v) is 4.10. The summed E-state index contributed by atoms with van der Waals surface area (Å²) in [7, 11) is 0. The first-order valence-corrected chi connectivity index (χ1v) is 7.97. The number of amides is 2. The van der Waals surface area contributed by atoms with Gasteiger partial charge in [0.25, 0.3) is 11.8 Å². The molecule has 1 heterocycles. The minimum absolute atomic E-state index is 0.0511. The summed E-state index contributed by atoms with van der Waals surface area (Å²) < 4.78 is 0. The average Bonchev–Trinajstić information content (AvgIpc) is 3.09. The van der Waals surface area contributed by atoms with E-state index in [0.717, 1.165) is 25.9 Å². The summed E-state index contributed by atoms with van der Waals surface area (Å²) >= 11 is 5.89. The van der Waals surface area contributed by atoms with Crippen LogP contribution in [0.1, 0.15) is 33.6 Å². The highest BCUT2D eigenvalue weighted by molar-refractivity contribution is 6.31. The maximum Gasteiger partial charge on any atom is 0.255 e. The summed E-state index contributed by atoms with van der Waals surface area (Å²) in [5.74, 6) is -0.179. The Hall–Kier alpha value is -2.33. The molecule has 0 aliphatic carbocycles. The summed E-state index contributed by atoms with van der Waals surface area (Å²) in [4.78, 5) is 26.3. The Morgan fingerprint density at radius 1 is 0.957 bits per heavy atom. The number of hydrogen-bond donors (Lipinski definition) is 1. The smallest absolute Gasteiger partial charge is 0.255 e. The highest BCUT2D eigenvalue weighted by Gasteiger charge is 2.19. The van der Waals surface area contributed by atoms with Crippen molar-refractivity contribution in [2.24, 2.45) is 0 Å². The normalized spacial score (nSPS) is 13.9. The minimum atomic E-state index is -0.230. The van der Waals surface area contributed by atoms with Crippen molar-refractivity contribution in [3.63, 3.8) is 0 Å². The Kier molecular flexibility index (Phi) is 4.63. The first kappa shape index (κ1) is 15.6. The van der Waals surface area contributed by atoms with Gasteiger partial charge < -0.3 is 10.2 Å². The van der Waals surface area contributed by atoms with Crippen molar-refractivity contribution in [3.05, 3.63) is 64.7 Å². The fourth-order valence-corrected chi connectivity index (χ4v) is 2.82. The van der Waals surface area contributed by atoms with E-state index >= 15 is 0 Å². The van der Waals surface area contributed by atoms with Crippen LogP contribution in [0.25, 0.3) is 0 Å². The second-order valence-corrected chi connectivity index (χ2v) is 5.98. The van der Waals surface area contributed by atoms with Crippen LogP contribution in [0.4, 0.5) is 5.69 Å². The molecule has 1 fully saturated rings. The largest absolute Gasteiger partial charge is 0.339 e. The van der Waals surface area contributed by atoms with Crippen LogP contribution in [0.5, 0.6) is 0 Å². The lowest BCUT2D eigenvalue weighted by atomic mass is 10.1. The van der Waals surface area contributed by atoms with Crippen molar-refractivity contribution in [1.29, 1.82) is 0 Å². The number of nitrogens with one attached hydrogen (secondary N) is 1. The number of benzene rings is 2. The number of carbonyl (C=O) groups is 2. The Labute approximate surface area is 140 Å². The molecule has 5 heteroatoms. The van der Waals surface area contributed by atoms with Gasteiger partial charge in [-0.3, -0.25) is 9.59 Å². The van der Waals surface area contributed by atoms with E-state index in [4.69, 9.17) is 11.6 Å². The van der Waals surface area contributed by atoms with Crippen LogP contribution in [0, 0.1) is 0 Å². The zero-order valence-electron chi connectivity index (χ0n) is 12.6. The molecule has 2 aromatic rings. The minimum Gasteiger partial charge on any atom is -0.339 e. The van der Waals surface area contributed by atoms with Gasteiger partial charge in [-0.25, -0.2) is 0 Å². The monoisotopic (exact) mass is 328 g/mol. The van der Waals surface area contributed by atoms with Gasteiger partial charge in [-0.15, -0.1) is 0 Å². The summed E-state index contributed by atoms with van der Waals surface area (Å²) in [5, 5.41) is 3.32. The fourth-order valence-electron chi connectivity index (χ4n) is 2.63. The van der Waals surface area contributed by atoms with E-state index in [-0.39, 0.29) is 11.8 Å². The molecule has 3 rings (SSSR count). The van der Waals surface area contributed by atoms with Crippen molar-refractivity contribution in [1.82, 2.24) is 4.90 Å². The molecule has 1 N–H and O–H groups in total.